The highest BCUT2D eigenvalue weighted by atomic mass is 79.9. The number of carboxylic acids is 2. The van der Waals surface area contributed by atoms with Crippen LogP contribution in [0, 0.1) is 0 Å². The fourth-order valence-corrected chi connectivity index (χ4v) is 4.23. The van der Waals surface area contributed by atoms with E-state index in [9.17, 15) is 24.6 Å². The molecule has 0 radical (unpaired) electrons. The maximum absolute atomic E-state index is 11.3. The van der Waals surface area contributed by atoms with Crippen LogP contribution in [-0.2, 0) is 9.53 Å². The van der Waals surface area contributed by atoms with Crippen LogP contribution in [0.5, 0.6) is 5.75 Å². The largest absolute Gasteiger partial charge is 0.479 e. The van der Waals surface area contributed by atoms with Crippen molar-refractivity contribution in [2.75, 3.05) is 13.7 Å². The van der Waals surface area contributed by atoms with Crippen molar-refractivity contribution in [1.82, 2.24) is 0 Å². The smallest absolute Gasteiger partial charge is 0.343 e. The van der Waals surface area contributed by atoms with E-state index in [1.807, 2.05) is 0 Å². The monoisotopic (exact) mass is 488 g/mol. The summed E-state index contributed by atoms with van der Waals surface area (Å²) in [6, 6.07) is 0. The van der Waals surface area contributed by atoms with Gasteiger partial charge in [-0.05, 0) is 47.8 Å². The first-order chi connectivity index (χ1) is 9.72. The zero-order chi connectivity index (χ0) is 16.3. The standard InChI is InChI=1S/C11H7Br3O7/c1-20-3(15)2-21-9-7(13)4(10(16)17)6(12)5(8(9)14)11(18)19/h2H2,1H3,(H,16,17)(H,18,19). The van der Waals surface area contributed by atoms with Crippen LogP contribution in [-0.4, -0.2) is 41.8 Å². The first-order valence-electron chi connectivity index (χ1n) is 5.09. The third-order valence-electron chi connectivity index (χ3n) is 2.27. The molecular weight excluding hydrogens is 484 g/mol. The van der Waals surface area contributed by atoms with Gasteiger partial charge in [0.25, 0.3) is 0 Å². The number of hydrogen-bond acceptors (Lipinski definition) is 5. The summed E-state index contributed by atoms with van der Waals surface area (Å²) in [6.07, 6.45) is 0. The van der Waals surface area contributed by atoms with E-state index in [1.54, 1.807) is 0 Å². The minimum Gasteiger partial charge on any atom is -0.479 e. The summed E-state index contributed by atoms with van der Waals surface area (Å²) < 4.78 is 9.38. The van der Waals surface area contributed by atoms with Gasteiger partial charge in [0, 0.05) is 4.47 Å². The number of rotatable bonds is 5. The lowest BCUT2D eigenvalue weighted by molar-refractivity contribution is -0.142. The second-order valence-corrected chi connectivity index (χ2v) is 5.88. The van der Waals surface area contributed by atoms with E-state index in [-0.39, 0.29) is 30.3 Å². The molecule has 0 saturated heterocycles. The fraction of sp³-hybridized carbons (Fsp3) is 0.182. The zero-order valence-electron chi connectivity index (χ0n) is 10.3. The van der Waals surface area contributed by atoms with Crippen molar-refractivity contribution in [2.45, 2.75) is 0 Å². The molecule has 0 aliphatic heterocycles. The van der Waals surface area contributed by atoms with Crippen molar-refractivity contribution in [3.63, 3.8) is 0 Å². The van der Waals surface area contributed by atoms with Gasteiger partial charge in [0.2, 0.25) is 0 Å². The molecular formula is C11H7Br3O7. The van der Waals surface area contributed by atoms with Crippen LogP contribution in [0.2, 0.25) is 0 Å². The Kier molecular flexibility index (Phi) is 6.17. The Balaban J connectivity index is 3.52. The van der Waals surface area contributed by atoms with Crippen molar-refractivity contribution < 1.29 is 34.1 Å². The summed E-state index contributed by atoms with van der Waals surface area (Å²) >= 11 is 9.00. The summed E-state index contributed by atoms with van der Waals surface area (Å²) in [5.41, 5.74) is -0.675. The zero-order valence-corrected chi connectivity index (χ0v) is 15.0. The molecule has 0 bridgehead atoms. The number of carbonyl (C=O) groups is 3. The highest BCUT2D eigenvalue weighted by molar-refractivity contribution is 9.11. The molecule has 114 valence electrons. The molecule has 1 rings (SSSR count). The number of methoxy groups -OCH3 is 1. The first-order valence-corrected chi connectivity index (χ1v) is 7.46. The molecule has 0 amide bonds. The third kappa shape index (κ3) is 3.74. The van der Waals surface area contributed by atoms with E-state index < -0.39 is 24.5 Å². The number of carbonyl (C=O) groups excluding carboxylic acids is 1. The van der Waals surface area contributed by atoms with Crippen LogP contribution in [0.4, 0.5) is 0 Å². The van der Waals surface area contributed by atoms with Crippen molar-refractivity contribution in [3.8, 4) is 5.75 Å². The fourth-order valence-electron chi connectivity index (χ4n) is 1.33. The van der Waals surface area contributed by atoms with Gasteiger partial charge in [-0.25, -0.2) is 14.4 Å². The molecule has 0 aliphatic rings. The van der Waals surface area contributed by atoms with Gasteiger partial charge in [-0.2, -0.15) is 0 Å². The average Bonchev–Trinajstić information content (AvgIpc) is 2.36. The third-order valence-corrected chi connectivity index (χ3v) is 4.57. The molecule has 1 aromatic carbocycles. The van der Waals surface area contributed by atoms with Crippen LogP contribution in [0.15, 0.2) is 13.4 Å². The Hall–Kier alpha value is -1.13. The Labute approximate surface area is 143 Å². The predicted molar refractivity (Wildman–Crippen MR) is 81.0 cm³/mol. The van der Waals surface area contributed by atoms with E-state index in [2.05, 4.69) is 52.5 Å². The maximum atomic E-state index is 11.3. The predicted octanol–water partition coefficient (Wildman–Crippen LogP) is 2.92. The van der Waals surface area contributed by atoms with Crippen LogP contribution in [0.1, 0.15) is 20.7 Å². The molecule has 0 aromatic heterocycles. The van der Waals surface area contributed by atoms with Crippen molar-refractivity contribution in [1.29, 1.82) is 0 Å². The SMILES string of the molecule is COC(=O)COc1c(Br)c(C(=O)O)c(Br)c(C(=O)O)c1Br. The van der Waals surface area contributed by atoms with Crippen LogP contribution >= 0.6 is 47.8 Å². The van der Waals surface area contributed by atoms with Crippen LogP contribution in [0.25, 0.3) is 0 Å². The lowest BCUT2D eigenvalue weighted by Crippen LogP contribution is -2.15. The molecule has 0 saturated carbocycles. The summed E-state index contributed by atoms with van der Waals surface area (Å²) in [6.45, 7) is -0.506. The van der Waals surface area contributed by atoms with E-state index in [0.29, 0.717) is 0 Å². The average molecular weight is 491 g/mol. The number of halogens is 3. The second-order valence-electron chi connectivity index (χ2n) is 3.50. The molecule has 0 aliphatic carbocycles. The topological polar surface area (TPSA) is 110 Å². The summed E-state index contributed by atoms with van der Waals surface area (Å²) in [5, 5.41) is 18.4. The molecule has 10 heteroatoms. The molecule has 0 atom stereocenters. The van der Waals surface area contributed by atoms with E-state index in [0.717, 1.165) is 7.11 Å². The minimum absolute atomic E-state index is 0.0114. The van der Waals surface area contributed by atoms with Gasteiger partial charge in [0.1, 0.15) is 5.75 Å². The highest BCUT2D eigenvalue weighted by Gasteiger charge is 2.28. The number of carboxylic acid groups (broad SMARTS) is 2. The van der Waals surface area contributed by atoms with Gasteiger partial charge < -0.3 is 19.7 Å². The molecule has 21 heavy (non-hydrogen) atoms. The molecule has 0 spiro atoms. The Morgan fingerprint density at radius 3 is 1.71 bits per heavy atom. The minimum atomic E-state index is -1.37. The van der Waals surface area contributed by atoms with Crippen molar-refractivity contribution >= 4 is 65.7 Å². The Bertz CT molecular complexity index is 586. The summed E-state index contributed by atoms with van der Waals surface area (Å²) in [7, 11) is 1.16. The number of hydrogen-bond donors (Lipinski definition) is 2. The summed E-state index contributed by atoms with van der Waals surface area (Å²) in [5.74, 6) is -3.57. The first kappa shape index (κ1) is 17.9. The van der Waals surface area contributed by atoms with Crippen LogP contribution in [0.3, 0.4) is 0 Å². The van der Waals surface area contributed by atoms with Gasteiger partial charge >= 0.3 is 17.9 Å². The van der Waals surface area contributed by atoms with Gasteiger partial charge in [-0.15, -0.1) is 0 Å². The Morgan fingerprint density at radius 2 is 1.38 bits per heavy atom. The van der Waals surface area contributed by atoms with Crippen molar-refractivity contribution in [3.05, 3.63) is 24.5 Å². The van der Waals surface area contributed by atoms with Gasteiger partial charge in [0.15, 0.2) is 6.61 Å². The lowest BCUT2D eigenvalue weighted by atomic mass is 10.1. The maximum Gasteiger partial charge on any atom is 0.343 e. The molecule has 0 heterocycles. The van der Waals surface area contributed by atoms with Gasteiger partial charge in [-0.1, -0.05) is 0 Å². The van der Waals surface area contributed by atoms with Crippen LogP contribution < -0.4 is 4.74 Å². The molecule has 0 fully saturated rings. The second kappa shape index (κ2) is 7.23. The quantitative estimate of drug-likeness (QED) is 0.611. The number of benzene rings is 1. The van der Waals surface area contributed by atoms with Gasteiger partial charge in [0.05, 0.1) is 27.2 Å². The highest BCUT2D eigenvalue weighted by Crippen LogP contribution is 2.43. The number of aromatic carboxylic acids is 2. The number of esters is 1. The van der Waals surface area contributed by atoms with E-state index in [4.69, 9.17) is 4.74 Å². The Morgan fingerprint density at radius 1 is 0.952 bits per heavy atom. The number of ether oxygens (including phenoxy) is 2. The van der Waals surface area contributed by atoms with E-state index in [1.165, 1.54) is 0 Å². The summed E-state index contributed by atoms with van der Waals surface area (Å²) in [4.78, 5) is 33.6. The molecule has 1 aromatic rings. The normalized spacial score (nSPS) is 10.1. The molecule has 7 nitrogen and oxygen atoms in total. The van der Waals surface area contributed by atoms with Gasteiger partial charge in [-0.3, -0.25) is 0 Å². The molecule has 2 N–H and O–H groups in total. The molecule has 0 unspecified atom stereocenters. The van der Waals surface area contributed by atoms with E-state index >= 15 is 0 Å². The van der Waals surface area contributed by atoms with Crippen molar-refractivity contribution in [2.24, 2.45) is 0 Å². The lowest BCUT2D eigenvalue weighted by Gasteiger charge is -2.15.